The molecule has 0 saturated heterocycles. The van der Waals surface area contributed by atoms with Crippen LogP contribution in [0.3, 0.4) is 0 Å². The molecule has 0 aliphatic carbocycles. The first-order valence-electron chi connectivity index (χ1n) is 5.80. The molecule has 19 heavy (non-hydrogen) atoms. The molecule has 3 aromatic rings. The van der Waals surface area contributed by atoms with Crippen molar-refractivity contribution < 1.29 is 13.6 Å². The molecule has 0 amide bonds. The van der Waals surface area contributed by atoms with Crippen molar-refractivity contribution in [1.29, 1.82) is 0 Å². The Kier molecular flexibility index (Phi) is 2.63. The number of hydrogen-bond acceptors (Lipinski definition) is 3. The minimum atomic E-state index is -0.470. The molecule has 0 aliphatic heterocycles. The van der Waals surface area contributed by atoms with E-state index in [-0.39, 0.29) is 17.1 Å². The van der Waals surface area contributed by atoms with E-state index < -0.39 is 5.82 Å². The van der Waals surface area contributed by atoms with Gasteiger partial charge >= 0.3 is 0 Å². The van der Waals surface area contributed by atoms with Crippen molar-refractivity contribution in [2.24, 2.45) is 0 Å². The number of benzene rings is 1. The van der Waals surface area contributed by atoms with Gasteiger partial charge in [0.1, 0.15) is 0 Å². The lowest BCUT2D eigenvalue weighted by Gasteiger charge is -1.98. The van der Waals surface area contributed by atoms with E-state index in [2.05, 4.69) is 4.98 Å². The zero-order valence-corrected chi connectivity index (χ0v) is 10.2. The van der Waals surface area contributed by atoms with E-state index in [1.54, 1.807) is 43.5 Å². The van der Waals surface area contributed by atoms with E-state index in [4.69, 9.17) is 4.42 Å². The molecule has 94 valence electrons. The van der Waals surface area contributed by atoms with Crippen molar-refractivity contribution in [3.8, 4) is 0 Å². The van der Waals surface area contributed by atoms with E-state index in [0.29, 0.717) is 10.9 Å². The number of furan rings is 1. The highest BCUT2D eigenvalue weighted by molar-refractivity contribution is 6.09. The van der Waals surface area contributed by atoms with Crippen LogP contribution >= 0.6 is 0 Å². The zero-order chi connectivity index (χ0) is 13.4. The lowest BCUT2D eigenvalue weighted by molar-refractivity contribution is 0.101. The number of fused-ring (bicyclic) bond motifs is 1. The summed E-state index contributed by atoms with van der Waals surface area (Å²) in [6.07, 6.45) is 1.56. The quantitative estimate of drug-likeness (QED) is 0.658. The van der Waals surface area contributed by atoms with Crippen LogP contribution in [-0.2, 0) is 0 Å². The normalized spacial score (nSPS) is 10.8. The second-order valence-electron chi connectivity index (χ2n) is 4.28. The summed E-state index contributed by atoms with van der Waals surface area (Å²) >= 11 is 0. The lowest BCUT2D eigenvalue weighted by Crippen LogP contribution is -2.00. The number of ketones is 1. The second-order valence-corrected chi connectivity index (χ2v) is 4.28. The fourth-order valence-corrected chi connectivity index (χ4v) is 1.97. The molecule has 0 saturated carbocycles. The van der Waals surface area contributed by atoms with Gasteiger partial charge in [-0.2, -0.15) is 0 Å². The van der Waals surface area contributed by atoms with Crippen molar-refractivity contribution in [3.05, 3.63) is 65.4 Å². The summed E-state index contributed by atoms with van der Waals surface area (Å²) in [5.74, 6) is -0.616. The minimum Gasteiger partial charge on any atom is -0.449 e. The average molecular weight is 255 g/mol. The fraction of sp³-hybridized carbons (Fsp3) is 0.0667. The maximum Gasteiger partial charge on any atom is 0.228 e. The Hall–Kier alpha value is -2.49. The van der Waals surface area contributed by atoms with Gasteiger partial charge in [-0.25, -0.2) is 4.39 Å². The molecule has 0 unspecified atom stereocenters. The van der Waals surface area contributed by atoms with Crippen molar-refractivity contribution in [2.75, 3.05) is 0 Å². The minimum absolute atomic E-state index is 0.108. The van der Waals surface area contributed by atoms with Gasteiger partial charge in [0.2, 0.25) is 5.78 Å². The Morgan fingerprint density at radius 2 is 2.11 bits per heavy atom. The number of nitrogens with zero attached hydrogens (tertiary/aromatic N) is 1. The number of aromatic nitrogens is 1. The molecule has 2 aromatic heterocycles. The zero-order valence-electron chi connectivity index (χ0n) is 10.2. The third-order valence-corrected chi connectivity index (χ3v) is 2.88. The number of pyridine rings is 1. The van der Waals surface area contributed by atoms with Crippen molar-refractivity contribution >= 4 is 16.8 Å². The topological polar surface area (TPSA) is 43.1 Å². The summed E-state index contributed by atoms with van der Waals surface area (Å²) in [6.45, 7) is 1.80. The molecule has 1 aromatic carbocycles. The van der Waals surface area contributed by atoms with E-state index in [1.807, 2.05) is 0 Å². The lowest BCUT2D eigenvalue weighted by atomic mass is 10.1. The molecule has 0 bridgehead atoms. The summed E-state index contributed by atoms with van der Waals surface area (Å²) in [6, 6.07) is 9.42. The van der Waals surface area contributed by atoms with Gasteiger partial charge in [-0.3, -0.25) is 9.78 Å². The van der Waals surface area contributed by atoms with Gasteiger partial charge < -0.3 is 4.42 Å². The smallest absolute Gasteiger partial charge is 0.228 e. The molecule has 0 spiro atoms. The van der Waals surface area contributed by atoms with E-state index in [9.17, 15) is 9.18 Å². The Labute approximate surface area is 108 Å². The highest BCUT2D eigenvalue weighted by atomic mass is 19.1. The molecule has 0 fully saturated rings. The number of para-hydroxylation sites is 1. The van der Waals surface area contributed by atoms with Gasteiger partial charge in [0.15, 0.2) is 17.2 Å². The highest BCUT2D eigenvalue weighted by Crippen LogP contribution is 2.23. The third kappa shape index (κ3) is 2.01. The number of carbonyl (C=O) groups is 1. The number of aryl methyl sites for hydroxylation is 1. The molecule has 0 N–H and O–H groups in total. The number of rotatable bonds is 2. The van der Waals surface area contributed by atoms with Crippen LogP contribution in [0.25, 0.3) is 11.0 Å². The summed E-state index contributed by atoms with van der Waals surface area (Å²) in [5.41, 5.74) is 1.33. The molecular formula is C15H10FNO2. The van der Waals surface area contributed by atoms with Gasteiger partial charge in [-0.15, -0.1) is 0 Å². The fourth-order valence-electron chi connectivity index (χ4n) is 1.97. The van der Waals surface area contributed by atoms with Crippen LogP contribution in [-0.4, -0.2) is 10.8 Å². The largest absolute Gasteiger partial charge is 0.449 e. The Morgan fingerprint density at radius 1 is 1.26 bits per heavy atom. The summed E-state index contributed by atoms with van der Waals surface area (Å²) < 4.78 is 18.8. The highest BCUT2D eigenvalue weighted by Gasteiger charge is 2.16. The molecule has 0 atom stereocenters. The number of carbonyl (C=O) groups excluding carboxylic acids is 1. The molecule has 3 rings (SSSR count). The summed E-state index contributed by atoms with van der Waals surface area (Å²) in [7, 11) is 0. The van der Waals surface area contributed by atoms with Crippen LogP contribution in [0.15, 0.2) is 47.0 Å². The van der Waals surface area contributed by atoms with Crippen LogP contribution in [0.4, 0.5) is 4.39 Å². The molecule has 0 radical (unpaired) electrons. The SMILES string of the molecule is Cc1cc(C(=O)c2cc3cccc(F)c3o2)ccn1. The van der Waals surface area contributed by atoms with E-state index >= 15 is 0 Å². The van der Waals surface area contributed by atoms with Gasteiger partial charge in [0.25, 0.3) is 0 Å². The standard InChI is InChI=1S/C15H10FNO2/c1-9-7-10(5-6-17-9)14(18)13-8-11-3-2-4-12(16)15(11)19-13/h2-8H,1H3. The second kappa shape index (κ2) is 4.31. The molecule has 0 aliphatic rings. The first-order valence-corrected chi connectivity index (χ1v) is 5.80. The first-order chi connectivity index (χ1) is 9.15. The summed E-state index contributed by atoms with van der Waals surface area (Å²) in [4.78, 5) is 16.3. The predicted molar refractivity (Wildman–Crippen MR) is 68.6 cm³/mol. The van der Waals surface area contributed by atoms with Gasteiger partial charge in [-0.05, 0) is 31.2 Å². The van der Waals surface area contributed by atoms with Crippen LogP contribution in [0.2, 0.25) is 0 Å². The van der Waals surface area contributed by atoms with Crippen LogP contribution in [0.1, 0.15) is 21.8 Å². The van der Waals surface area contributed by atoms with Crippen molar-refractivity contribution in [3.63, 3.8) is 0 Å². The molecule has 3 nitrogen and oxygen atoms in total. The Balaban J connectivity index is 2.09. The van der Waals surface area contributed by atoms with Crippen LogP contribution < -0.4 is 0 Å². The molecule has 4 heteroatoms. The van der Waals surface area contributed by atoms with Crippen molar-refractivity contribution in [2.45, 2.75) is 6.92 Å². The monoisotopic (exact) mass is 255 g/mol. The maximum atomic E-state index is 13.5. The number of hydrogen-bond donors (Lipinski definition) is 0. The van der Waals surface area contributed by atoms with Crippen LogP contribution in [0.5, 0.6) is 0 Å². The van der Waals surface area contributed by atoms with Crippen molar-refractivity contribution in [1.82, 2.24) is 4.98 Å². The predicted octanol–water partition coefficient (Wildman–Crippen LogP) is 3.51. The number of halogens is 1. The van der Waals surface area contributed by atoms with Gasteiger partial charge in [-0.1, -0.05) is 12.1 Å². The average Bonchev–Trinajstić information content (AvgIpc) is 2.83. The Morgan fingerprint density at radius 3 is 2.84 bits per heavy atom. The molecule has 2 heterocycles. The van der Waals surface area contributed by atoms with Crippen LogP contribution in [0, 0.1) is 12.7 Å². The molecular weight excluding hydrogens is 245 g/mol. The Bertz CT molecular complexity index is 777. The summed E-state index contributed by atoms with van der Waals surface area (Å²) in [5, 5.41) is 0.578. The van der Waals surface area contributed by atoms with E-state index in [1.165, 1.54) is 6.07 Å². The maximum absolute atomic E-state index is 13.5. The van der Waals surface area contributed by atoms with Gasteiger partial charge in [0.05, 0.1) is 0 Å². The first kappa shape index (κ1) is 11.6. The van der Waals surface area contributed by atoms with Gasteiger partial charge in [0, 0.05) is 22.8 Å². The van der Waals surface area contributed by atoms with E-state index in [0.717, 1.165) is 5.69 Å². The third-order valence-electron chi connectivity index (χ3n) is 2.88.